The zero-order valence-corrected chi connectivity index (χ0v) is 18.4. The van der Waals surface area contributed by atoms with Gasteiger partial charge in [-0.1, -0.05) is 26.0 Å². The van der Waals surface area contributed by atoms with Gasteiger partial charge in [0.25, 0.3) is 0 Å². The number of aryl methyl sites for hydroxylation is 2. The second-order valence-electron chi connectivity index (χ2n) is 9.00. The summed E-state index contributed by atoms with van der Waals surface area (Å²) < 4.78 is 1.56. The van der Waals surface area contributed by atoms with E-state index in [1.54, 1.807) is 10.9 Å². The number of hydrogen-bond acceptors (Lipinski definition) is 6. The van der Waals surface area contributed by atoms with E-state index in [1.165, 1.54) is 11.9 Å². The van der Waals surface area contributed by atoms with E-state index in [2.05, 4.69) is 20.6 Å². The van der Waals surface area contributed by atoms with E-state index < -0.39 is 23.6 Å². The molecule has 2 aromatic heterocycles. The summed E-state index contributed by atoms with van der Waals surface area (Å²) in [6.45, 7) is 9.78. The SMILES string of the molecule is CNC(=O)[C@@H]1C[C@@H](O)CN1C(=O)[C@@H](n1cc(-c2cc(C)nc(C)c2)nn1)C(C)(C)C. The van der Waals surface area contributed by atoms with Crippen molar-refractivity contribution in [2.75, 3.05) is 13.6 Å². The molecule has 1 aliphatic rings. The Morgan fingerprint density at radius 2 is 1.87 bits per heavy atom. The molecule has 0 saturated carbocycles. The lowest BCUT2D eigenvalue weighted by Gasteiger charge is -2.34. The van der Waals surface area contributed by atoms with Crippen LogP contribution in [0.4, 0.5) is 0 Å². The highest BCUT2D eigenvalue weighted by Crippen LogP contribution is 2.35. The second-order valence-corrected chi connectivity index (χ2v) is 9.00. The Labute approximate surface area is 176 Å². The highest BCUT2D eigenvalue weighted by atomic mass is 16.3. The highest BCUT2D eigenvalue weighted by molar-refractivity contribution is 5.90. The first-order valence-electron chi connectivity index (χ1n) is 10.1. The van der Waals surface area contributed by atoms with Crippen molar-refractivity contribution >= 4 is 11.8 Å². The number of nitrogens with zero attached hydrogens (tertiary/aromatic N) is 5. The van der Waals surface area contributed by atoms with Gasteiger partial charge in [-0.2, -0.15) is 0 Å². The van der Waals surface area contributed by atoms with Crippen molar-refractivity contribution < 1.29 is 14.7 Å². The number of amides is 2. The van der Waals surface area contributed by atoms with Crippen LogP contribution in [-0.2, 0) is 9.59 Å². The lowest BCUT2D eigenvalue weighted by Crippen LogP contribution is -2.49. The number of rotatable bonds is 4. The van der Waals surface area contributed by atoms with Gasteiger partial charge in [0, 0.05) is 37.0 Å². The number of nitrogens with one attached hydrogen (secondary N) is 1. The van der Waals surface area contributed by atoms with E-state index in [0.717, 1.165) is 17.0 Å². The van der Waals surface area contributed by atoms with Crippen molar-refractivity contribution in [1.82, 2.24) is 30.2 Å². The average molecular weight is 415 g/mol. The van der Waals surface area contributed by atoms with Gasteiger partial charge in [-0.25, -0.2) is 4.68 Å². The van der Waals surface area contributed by atoms with Crippen LogP contribution in [0.15, 0.2) is 18.3 Å². The Balaban J connectivity index is 1.97. The van der Waals surface area contributed by atoms with Gasteiger partial charge in [0.05, 0.1) is 12.3 Å². The quantitative estimate of drug-likeness (QED) is 0.779. The van der Waals surface area contributed by atoms with E-state index in [1.807, 2.05) is 46.8 Å². The predicted molar refractivity (Wildman–Crippen MR) is 111 cm³/mol. The molecular weight excluding hydrogens is 384 g/mol. The Morgan fingerprint density at radius 3 is 2.43 bits per heavy atom. The maximum Gasteiger partial charge on any atom is 0.248 e. The Hall–Kier alpha value is -2.81. The van der Waals surface area contributed by atoms with Gasteiger partial charge in [-0.3, -0.25) is 14.6 Å². The van der Waals surface area contributed by atoms with E-state index >= 15 is 0 Å². The molecule has 2 aromatic rings. The standard InChI is InChI=1S/C21H30N6O3/c1-12-7-14(8-13(2)23-12)16-11-27(25-24-16)18(21(3,4)5)20(30)26-10-15(28)9-17(26)19(29)22-6/h7-8,11,15,17-18,28H,9-10H2,1-6H3,(H,22,29)/t15-,17+,18-/m1/s1. The maximum absolute atomic E-state index is 13.6. The van der Waals surface area contributed by atoms with Crippen molar-refractivity contribution in [3.05, 3.63) is 29.7 Å². The smallest absolute Gasteiger partial charge is 0.248 e. The third kappa shape index (κ3) is 4.35. The molecule has 1 fully saturated rings. The summed E-state index contributed by atoms with van der Waals surface area (Å²) >= 11 is 0. The van der Waals surface area contributed by atoms with Crippen LogP contribution in [-0.4, -0.2) is 67.5 Å². The first-order chi connectivity index (χ1) is 14.0. The van der Waals surface area contributed by atoms with Crippen LogP contribution >= 0.6 is 0 Å². The van der Waals surface area contributed by atoms with Gasteiger partial charge < -0.3 is 15.3 Å². The van der Waals surface area contributed by atoms with Crippen molar-refractivity contribution in [3.63, 3.8) is 0 Å². The Bertz CT molecular complexity index is 928. The molecule has 2 amide bonds. The molecule has 0 radical (unpaired) electrons. The Morgan fingerprint density at radius 1 is 1.23 bits per heavy atom. The van der Waals surface area contributed by atoms with Crippen molar-refractivity contribution in [1.29, 1.82) is 0 Å². The van der Waals surface area contributed by atoms with E-state index in [4.69, 9.17) is 0 Å². The monoisotopic (exact) mass is 414 g/mol. The minimum Gasteiger partial charge on any atom is -0.391 e. The van der Waals surface area contributed by atoms with Crippen LogP contribution in [0.25, 0.3) is 11.3 Å². The fraction of sp³-hybridized carbons (Fsp3) is 0.571. The van der Waals surface area contributed by atoms with E-state index in [9.17, 15) is 14.7 Å². The summed E-state index contributed by atoms with van der Waals surface area (Å²) in [6, 6.07) is 2.47. The predicted octanol–water partition coefficient (Wildman–Crippen LogP) is 1.25. The van der Waals surface area contributed by atoms with Crippen LogP contribution < -0.4 is 5.32 Å². The van der Waals surface area contributed by atoms with Crippen LogP contribution in [0, 0.1) is 19.3 Å². The van der Waals surface area contributed by atoms with Crippen LogP contribution in [0.3, 0.4) is 0 Å². The van der Waals surface area contributed by atoms with Crippen LogP contribution in [0.5, 0.6) is 0 Å². The van der Waals surface area contributed by atoms with Gasteiger partial charge >= 0.3 is 0 Å². The van der Waals surface area contributed by atoms with Gasteiger partial charge in [0.15, 0.2) is 0 Å². The lowest BCUT2D eigenvalue weighted by molar-refractivity contribution is -0.144. The fourth-order valence-electron chi connectivity index (χ4n) is 4.03. The number of aliphatic hydroxyl groups is 1. The molecule has 2 N–H and O–H groups in total. The van der Waals surface area contributed by atoms with E-state index in [0.29, 0.717) is 5.69 Å². The van der Waals surface area contributed by atoms with Crippen LogP contribution in [0.1, 0.15) is 44.6 Å². The van der Waals surface area contributed by atoms with Gasteiger partial charge in [-0.15, -0.1) is 5.10 Å². The number of likely N-dealkylation sites (N-methyl/N-ethyl adjacent to an activating group) is 1. The highest BCUT2D eigenvalue weighted by Gasteiger charge is 2.45. The Kier molecular flexibility index (Phi) is 5.94. The number of aliphatic hydroxyl groups excluding tert-OH is 1. The molecule has 3 heterocycles. The van der Waals surface area contributed by atoms with Gasteiger partial charge in [-0.05, 0) is 31.4 Å². The lowest BCUT2D eigenvalue weighted by atomic mass is 9.85. The number of carbonyl (C=O) groups is 2. The van der Waals surface area contributed by atoms with E-state index in [-0.39, 0.29) is 24.8 Å². The molecule has 1 saturated heterocycles. The molecule has 0 aromatic carbocycles. The minimum absolute atomic E-state index is 0.119. The molecule has 0 unspecified atom stereocenters. The summed E-state index contributed by atoms with van der Waals surface area (Å²) in [7, 11) is 1.53. The molecule has 1 aliphatic heterocycles. The topological polar surface area (TPSA) is 113 Å². The van der Waals surface area contributed by atoms with Crippen molar-refractivity contribution in [2.45, 2.75) is 59.2 Å². The molecule has 30 heavy (non-hydrogen) atoms. The fourth-order valence-corrected chi connectivity index (χ4v) is 4.03. The maximum atomic E-state index is 13.6. The number of likely N-dealkylation sites (tertiary alicyclic amines) is 1. The molecule has 162 valence electrons. The molecule has 9 heteroatoms. The zero-order valence-electron chi connectivity index (χ0n) is 18.4. The minimum atomic E-state index is -0.731. The zero-order chi connectivity index (χ0) is 22.2. The third-order valence-corrected chi connectivity index (χ3v) is 5.32. The molecular formula is C21H30N6O3. The molecule has 3 rings (SSSR count). The number of hydrogen-bond donors (Lipinski definition) is 2. The summed E-state index contributed by atoms with van der Waals surface area (Å²) in [5, 5.41) is 21.2. The number of pyridine rings is 1. The van der Waals surface area contributed by atoms with Crippen molar-refractivity contribution in [2.24, 2.45) is 5.41 Å². The molecule has 3 atom stereocenters. The van der Waals surface area contributed by atoms with Crippen molar-refractivity contribution in [3.8, 4) is 11.3 Å². The van der Waals surface area contributed by atoms with Crippen LogP contribution in [0.2, 0.25) is 0 Å². The average Bonchev–Trinajstić information content (AvgIpc) is 3.26. The van der Waals surface area contributed by atoms with Gasteiger partial charge in [0.2, 0.25) is 11.8 Å². The summed E-state index contributed by atoms with van der Waals surface area (Å²) in [5.41, 5.74) is 2.79. The summed E-state index contributed by atoms with van der Waals surface area (Å²) in [5.74, 6) is -0.541. The number of β-amino-alcohol motifs (C(OH)–C–C–N with tert-alkyl or cyclic N) is 1. The van der Waals surface area contributed by atoms with Gasteiger partial charge in [0.1, 0.15) is 17.8 Å². The summed E-state index contributed by atoms with van der Waals surface area (Å²) in [4.78, 5) is 31.7. The first-order valence-corrected chi connectivity index (χ1v) is 10.1. The largest absolute Gasteiger partial charge is 0.391 e. The summed E-state index contributed by atoms with van der Waals surface area (Å²) in [6.07, 6.45) is 1.25. The molecule has 0 bridgehead atoms. The molecule has 0 spiro atoms. The normalized spacial score (nSPS) is 20.3. The number of aromatic nitrogens is 4. The number of carbonyl (C=O) groups excluding carboxylic acids is 2. The first kappa shape index (κ1) is 21.9. The molecule has 0 aliphatic carbocycles. The second kappa shape index (κ2) is 8.14. The third-order valence-electron chi connectivity index (χ3n) is 5.32. The molecule has 9 nitrogen and oxygen atoms in total.